The maximum Gasteiger partial charge on any atom is 0.133 e. The molecule has 0 radical (unpaired) electrons. The number of methoxy groups -OCH3 is 1. The van der Waals surface area contributed by atoms with Crippen molar-refractivity contribution in [2.45, 2.75) is 19.3 Å². The molecule has 1 aromatic carbocycles. The minimum atomic E-state index is 0.270. The molecule has 0 aliphatic carbocycles. The van der Waals surface area contributed by atoms with Crippen molar-refractivity contribution < 1.29 is 9.84 Å². The number of ether oxygens (including phenoxy) is 1. The largest absolute Gasteiger partial charge is 0.497 e. The van der Waals surface area contributed by atoms with Gasteiger partial charge in [-0.05, 0) is 48.9 Å². The Bertz CT molecular complexity index is 529. The Labute approximate surface area is 113 Å². The van der Waals surface area contributed by atoms with Crippen molar-refractivity contribution in [3.8, 4) is 5.75 Å². The molecule has 1 aromatic heterocycles. The molecule has 0 saturated carbocycles. The zero-order valence-electron chi connectivity index (χ0n) is 11.2. The average Bonchev–Trinajstić information content (AvgIpc) is 2.46. The van der Waals surface area contributed by atoms with Gasteiger partial charge in [-0.2, -0.15) is 0 Å². The lowest BCUT2D eigenvalue weighted by Crippen LogP contribution is -2.04. The first kappa shape index (κ1) is 13.6. The number of hydrogen-bond acceptors (Lipinski definition) is 4. The minimum Gasteiger partial charge on any atom is -0.497 e. The van der Waals surface area contributed by atoms with E-state index < -0.39 is 0 Å². The van der Waals surface area contributed by atoms with Gasteiger partial charge < -0.3 is 15.2 Å². The van der Waals surface area contributed by atoms with Crippen molar-refractivity contribution in [3.05, 3.63) is 30.5 Å². The summed E-state index contributed by atoms with van der Waals surface area (Å²) in [4.78, 5) is 4.38. The summed E-state index contributed by atoms with van der Waals surface area (Å²) in [5.74, 6) is 1.76. The molecule has 0 bridgehead atoms. The summed E-state index contributed by atoms with van der Waals surface area (Å²) >= 11 is 0. The summed E-state index contributed by atoms with van der Waals surface area (Å²) in [6.07, 6.45) is 4.73. The van der Waals surface area contributed by atoms with Crippen LogP contribution in [0.3, 0.4) is 0 Å². The first-order chi connectivity index (χ1) is 9.35. The number of fused-ring (bicyclic) bond motifs is 1. The fourth-order valence-electron chi connectivity index (χ4n) is 2.04. The van der Waals surface area contributed by atoms with Gasteiger partial charge in [-0.1, -0.05) is 0 Å². The number of rotatable bonds is 7. The van der Waals surface area contributed by atoms with Crippen LogP contribution in [-0.4, -0.2) is 30.4 Å². The summed E-state index contributed by atoms with van der Waals surface area (Å²) in [5, 5.41) is 14.3. The molecule has 1 heterocycles. The molecule has 102 valence electrons. The normalized spacial score (nSPS) is 10.6. The molecule has 0 aliphatic heterocycles. The number of hydrogen-bond donors (Lipinski definition) is 2. The average molecular weight is 260 g/mol. The number of aromatic nitrogens is 1. The second-order valence-corrected chi connectivity index (χ2v) is 4.46. The van der Waals surface area contributed by atoms with Crippen LogP contribution < -0.4 is 10.1 Å². The number of aliphatic hydroxyl groups excluding tert-OH is 1. The minimum absolute atomic E-state index is 0.270. The molecule has 2 aromatic rings. The third-order valence-electron chi connectivity index (χ3n) is 3.10. The molecular weight excluding hydrogens is 240 g/mol. The van der Waals surface area contributed by atoms with Gasteiger partial charge in [-0.3, -0.25) is 0 Å². The van der Waals surface area contributed by atoms with Crippen LogP contribution in [0.4, 0.5) is 5.82 Å². The molecule has 0 aliphatic rings. The third-order valence-corrected chi connectivity index (χ3v) is 3.10. The highest BCUT2D eigenvalue weighted by Gasteiger charge is 2.03. The number of unbranched alkanes of at least 4 members (excludes halogenated alkanes) is 2. The Morgan fingerprint density at radius 2 is 2.11 bits per heavy atom. The van der Waals surface area contributed by atoms with Gasteiger partial charge in [0.25, 0.3) is 0 Å². The Morgan fingerprint density at radius 1 is 1.21 bits per heavy atom. The number of anilines is 1. The van der Waals surface area contributed by atoms with E-state index in [4.69, 9.17) is 9.84 Å². The monoisotopic (exact) mass is 260 g/mol. The zero-order valence-corrected chi connectivity index (χ0v) is 11.2. The summed E-state index contributed by atoms with van der Waals surface area (Å²) in [6, 6.07) is 7.96. The molecule has 4 heteroatoms. The number of aliphatic hydroxyl groups is 1. The van der Waals surface area contributed by atoms with Crippen LogP contribution in [-0.2, 0) is 0 Å². The van der Waals surface area contributed by atoms with Crippen molar-refractivity contribution in [3.63, 3.8) is 0 Å². The maximum atomic E-state index is 8.73. The van der Waals surface area contributed by atoms with Gasteiger partial charge in [0, 0.05) is 24.7 Å². The molecule has 2 N–H and O–H groups in total. The van der Waals surface area contributed by atoms with E-state index in [-0.39, 0.29) is 6.61 Å². The standard InChI is InChI=1S/C15H20N2O2/c1-19-13-5-6-14-12(11-13)7-9-17-15(14)16-8-3-2-4-10-18/h5-7,9,11,18H,2-4,8,10H2,1H3,(H,16,17). The Kier molecular flexibility index (Phi) is 4.98. The van der Waals surface area contributed by atoms with E-state index in [1.54, 1.807) is 13.3 Å². The fraction of sp³-hybridized carbons (Fsp3) is 0.400. The summed E-state index contributed by atoms with van der Waals surface area (Å²) in [6.45, 7) is 1.14. The number of nitrogens with one attached hydrogen (secondary N) is 1. The van der Waals surface area contributed by atoms with Gasteiger partial charge in [0.05, 0.1) is 7.11 Å². The van der Waals surface area contributed by atoms with Crippen molar-refractivity contribution in [1.29, 1.82) is 0 Å². The Balaban J connectivity index is 2.06. The molecule has 4 nitrogen and oxygen atoms in total. The molecule has 2 rings (SSSR count). The van der Waals surface area contributed by atoms with E-state index in [2.05, 4.69) is 10.3 Å². The van der Waals surface area contributed by atoms with Crippen LogP contribution in [0.1, 0.15) is 19.3 Å². The van der Waals surface area contributed by atoms with Crippen LogP contribution >= 0.6 is 0 Å². The second-order valence-electron chi connectivity index (χ2n) is 4.46. The summed E-state index contributed by atoms with van der Waals surface area (Å²) in [5.41, 5.74) is 0. The van der Waals surface area contributed by atoms with Crippen molar-refractivity contribution >= 4 is 16.6 Å². The molecule has 0 saturated heterocycles. The Hall–Kier alpha value is -1.81. The fourth-order valence-corrected chi connectivity index (χ4v) is 2.04. The van der Waals surface area contributed by atoms with Crippen LogP contribution in [0.5, 0.6) is 5.75 Å². The van der Waals surface area contributed by atoms with Gasteiger partial charge in [-0.15, -0.1) is 0 Å². The van der Waals surface area contributed by atoms with Crippen LogP contribution in [0.2, 0.25) is 0 Å². The first-order valence-corrected chi connectivity index (χ1v) is 6.62. The van der Waals surface area contributed by atoms with E-state index in [0.717, 1.165) is 48.1 Å². The van der Waals surface area contributed by atoms with Crippen molar-refractivity contribution in [1.82, 2.24) is 4.98 Å². The molecule has 19 heavy (non-hydrogen) atoms. The second kappa shape index (κ2) is 6.95. The van der Waals surface area contributed by atoms with Gasteiger partial charge in [0.1, 0.15) is 11.6 Å². The summed E-state index contributed by atoms with van der Waals surface area (Å²) in [7, 11) is 1.67. The van der Waals surface area contributed by atoms with Crippen molar-refractivity contribution in [2.24, 2.45) is 0 Å². The lowest BCUT2D eigenvalue weighted by atomic mass is 10.1. The van der Waals surface area contributed by atoms with Gasteiger partial charge >= 0.3 is 0 Å². The highest BCUT2D eigenvalue weighted by molar-refractivity contribution is 5.92. The lowest BCUT2D eigenvalue weighted by molar-refractivity contribution is 0.283. The lowest BCUT2D eigenvalue weighted by Gasteiger charge is -2.09. The Morgan fingerprint density at radius 3 is 2.89 bits per heavy atom. The number of nitrogens with zero attached hydrogens (tertiary/aromatic N) is 1. The predicted molar refractivity (Wildman–Crippen MR) is 77.7 cm³/mol. The van der Waals surface area contributed by atoms with E-state index >= 15 is 0 Å². The third kappa shape index (κ3) is 3.58. The quantitative estimate of drug-likeness (QED) is 0.752. The van der Waals surface area contributed by atoms with Gasteiger partial charge in [-0.25, -0.2) is 4.98 Å². The number of pyridine rings is 1. The van der Waals surface area contributed by atoms with E-state index in [0.29, 0.717) is 0 Å². The molecule has 0 fully saturated rings. The van der Waals surface area contributed by atoms with Crippen LogP contribution in [0.25, 0.3) is 10.8 Å². The smallest absolute Gasteiger partial charge is 0.133 e. The summed E-state index contributed by atoms with van der Waals surface area (Å²) < 4.78 is 5.22. The molecular formula is C15H20N2O2. The zero-order chi connectivity index (χ0) is 13.5. The molecule has 0 atom stereocenters. The van der Waals surface area contributed by atoms with Gasteiger partial charge in [0.15, 0.2) is 0 Å². The SMILES string of the molecule is COc1ccc2c(NCCCCCO)nccc2c1. The highest BCUT2D eigenvalue weighted by atomic mass is 16.5. The highest BCUT2D eigenvalue weighted by Crippen LogP contribution is 2.25. The first-order valence-electron chi connectivity index (χ1n) is 6.62. The molecule has 0 unspecified atom stereocenters. The predicted octanol–water partition coefficient (Wildman–Crippen LogP) is 2.82. The van der Waals surface area contributed by atoms with E-state index in [1.807, 2.05) is 24.3 Å². The van der Waals surface area contributed by atoms with Gasteiger partial charge in [0.2, 0.25) is 0 Å². The maximum absolute atomic E-state index is 8.73. The molecule has 0 spiro atoms. The van der Waals surface area contributed by atoms with Crippen LogP contribution in [0, 0.1) is 0 Å². The van der Waals surface area contributed by atoms with Crippen LogP contribution in [0.15, 0.2) is 30.5 Å². The molecule has 0 amide bonds. The topological polar surface area (TPSA) is 54.4 Å². The van der Waals surface area contributed by atoms with E-state index in [1.165, 1.54) is 0 Å². The van der Waals surface area contributed by atoms with E-state index in [9.17, 15) is 0 Å². The van der Waals surface area contributed by atoms with Crippen molar-refractivity contribution in [2.75, 3.05) is 25.6 Å². The number of benzene rings is 1.